The number of para-hydroxylation sites is 1. The maximum atomic E-state index is 5.55. The van der Waals surface area contributed by atoms with Crippen molar-refractivity contribution >= 4 is 0 Å². The third-order valence-electron chi connectivity index (χ3n) is 4.93. The Labute approximate surface area is 145 Å². The van der Waals surface area contributed by atoms with Gasteiger partial charge < -0.3 is 14.5 Å². The maximum absolute atomic E-state index is 5.55. The number of hydrogen-bond acceptors (Lipinski definition) is 3. The fourth-order valence-electron chi connectivity index (χ4n) is 3.43. The molecular formula is C21H28N2O. The molecule has 0 unspecified atom stereocenters. The van der Waals surface area contributed by atoms with Crippen LogP contribution in [0.1, 0.15) is 12.0 Å². The summed E-state index contributed by atoms with van der Waals surface area (Å²) in [4.78, 5) is 5.00. The minimum atomic E-state index is 0.948. The van der Waals surface area contributed by atoms with E-state index in [1.165, 1.54) is 55.8 Å². The Morgan fingerprint density at radius 2 is 1.54 bits per heavy atom. The van der Waals surface area contributed by atoms with Crippen LogP contribution in [0.2, 0.25) is 0 Å². The van der Waals surface area contributed by atoms with Gasteiger partial charge in [0.15, 0.2) is 0 Å². The topological polar surface area (TPSA) is 15.7 Å². The van der Waals surface area contributed by atoms with Gasteiger partial charge in [-0.3, -0.25) is 0 Å². The third-order valence-corrected chi connectivity index (χ3v) is 4.93. The molecular weight excluding hydrogens is 296 g/mol. The van der Waals surface area contributed by atoms with Gasteiger partial charge in [-0.1, -0.05) is 42.5 Å². The lowest BCUT2D eigenvalue weighted by Crippen LogP contribution is -2.44. The first-order valence-corrected chi connectivity index (χ1v) is 8.90. The van der Waals surface area contributed by atoms with E-state index in [0.29, 0.717) is 0 Å². The molecule has 2 aromatic carbocycles. The molecule has 24 heavy (non-hydrogen) atoms. The van der Waals surface area contributed by atoms with E-state index in [0.717, 1.165) is 12.2 Å². The van der Waals surface area contributed by atoms with Gasteiger partial charge in [-0.2, -0.15) is 0 Å². The van der Waals surface area contributed by atoms with E-state index in [9.17, 15) is 0 Å². The summed E-state index contributed by atoms with van der Waals surface area (Å²) in [6.45, 7) is 5.97. The summed E-state index contributed by atoms with van der Waals surface area (Å²) in [7, 11) is 3.95. The van der Waals surface area contributed by atoms with Crippen LogP contribution in [0.3, 0.4) is 0 Å². The molecule has 1 saturated heterocycles. The molecule has 0 N–H and O–H groups in total. The number of benzene rings is 2. The number of methoxy groups -OCH3 is 1. The van der Waals surface area contributed by atoms with Gasteiger partial charge in [0.1, 0.15) is 5.75 Å². The quantitative estimate of drug-likeness (QED) is 0.808. The largest absolute Gasteiger partial charge is 0.496 e. The van der Waals surface area contributed by atoms with Gasteiger partial charge in [0.2, 0.25) is 0 Å². The van der Waals surface area contributed by atoms with Crippen LogP contribution >= 0.6 is 0 Å². The van der Waals surface area contributed by atoms with Crippen LogP contribution in [0.5, 0.6) is 5.75 Å². The zero-order valence-electron chi connectivity index (χ0n) is 14.9. The molecule has 0 spiro atoms. The summed E-state index contributed by atoms with van der Waals surface area (Å²) < 4.78 is 5.55. The molecule has 0 atom stereocenters. The molecule has 3 nitrogen and oxygen atoms in total. The molecule has 3 rings (SSSR count). The molecule has 2 aromatic rings. The second-order valence-electron chi connectivity index (χ2n) is 6.61. The summed E-state index contributed by atoms with van der Waals surface area (Å²) in [6.07, 6.45) is 2.32. The van der Waals surface area contributed by atoms with Crippen molar-refractivity contribution in [2.24, 2.45) is 0 Å². The Hall–Kier alpha value is -1.84. The van der Waals surface area contributed by atoms with E-state index in [1.807, 2.05) is 12.1 Å². The lowest BCUT2D eigenvalue weighted by atomic mass is 9.96. The summed E-state index contributed by atoms with van der Waals surface area (Å²) in [5, 5.41) is 0. The van der Waals surface area contributed by atoms with Gasteiger partial charge in [-0.15, -0.1) is 0 Å². The van der Waals surface area contributed by atoms with Crippen molar-refractivity contribution in [2.75, 3.05) is 46.9 Å². The van der Waals surface area contributed by atoms with E-state index in [2.05, 4.69) is 53.2 Å². The van der Waals surface area contributed by atoms with Crippen LogP contribution in [0.4, 0.5) is 0 Å². The predicted molar refractivity (Wildman–Crippen MR) is 101 cm³/mol. The number of nitrogens with zero attached hydrogens (tertiary/aromatic N) is 2. The molecule has 0 amide bonds. The number of hydrogen-bond donors (Lipinski definition) is 0. The zero-order chi connectivity index (χ0) is 16.8. The van der Waals surface area contributed by atoms with Crippen molar-refractivity contribution in [2.45, 2.75) is 12.8 Å². The van der Waals surface area contributed by atoms with Crippen molar-refractivity contribution < 1.29 is 4.74 Å². The zero-order valence-corrected chi connectivity index (χ0v) is 14.9. The van der Waals surface area contributed by atoms with Crippen molar-refractivity contribution in [3.8, 4) is 16.9 Å². The minimum Gasteiger partial charge on any atom is -0.496 e. The average Bonchev–Trinajstić information content (AvgIpc) is 2.64. The predicted octanol–water partition coefficient (Wildman–Crippen LogP) is 3.54. The number of piperazine rings is 1. The van der Waals surface area contributed by atoms with E-state index >= 15 is 0 Å². The molecule has 0 aliphatic carbocycles. The average molecular weight is 324 g/mol. The minimum absolute atomic E-state index is 0.948. The van der Waals surface area contributed by atoms with Crippen LogP contribution < -0.4 is 4.74 Å². The number of likely N-dealkylation sites (N-methyl/N-ethyl adjacent to an activating group) is 1. The van der Waals surface area contributed by atoms with E-state index < -0.39 is 0 Å². The summed E-state index contributed by atoms with van der Waals surface area (Å²) in [5.41, 5.74) is 3.90. The second kappa shape index (κ2) is 8.32. The first-order chi connectivity index (χ1) is 11.8. The molecule has 3 heteroatoms. The first kappa shape index (κ1) is 17.0. The van der Waals surface area contributed by atoms with Crippen LogP contribution in [0.25, 0.3) is 11.1 Å². The van der Waals surface area contributed by atoms with Crippen LogP contribution in [-0.2, 0) is 6.42 Å². The Morgan fingerprint density at radius 3 is 2.29 bits per heavy atom. The molecule has 0 bridgehead atoms. The third kappa shape index (κ3) is 4.16. The Kier molecular flexibility index (Phi) is 5.89. The van der Waals surface area contributed by atoms with Gasteiger partial charge in [0.25, 0.3) is 0 Å². The smallest absolute Gasteiger partial charge is 0.126 e. The molecule has 1 aliphatic rings. The van der Waals surface area contributed by atoms with Crippen LogP contribution in [0.15, 0.2) is 48.5 Å². The lowest BCUT2D eigenvalue weighted by molar-refractivity contribution is 0.153. The number of rotatable bonds is 6. The molecule has 1 aliphatic heterocycles. The second-order valence-corrected chi connectivity index (χ2v) is 6.61. The van der Waals surface area contributed by atoms with Crippen LogP contribution in [-0.4, -0.2) is 56.7 Å². The van der Waals surface area contributed by atoms with Gasteiger partial charge in [0.05, 0.1) is 7.11 Å². The molecule has 1 heterocycles. The van der Waals surface area contributed by atoms with E-state index in [4.69, 9.17) is 4.74 Å². The number of ether oxygens (including phenoxy) is 1. The van der Waals surface area contributed by atoms with Crippen molar-refractivity contribution in [3.63, 3.8) is 0 Å². The maximum Gasteiger partial charge on any atom is 0.126 e. The van der Waals surface area contributed by atoms with Crippen molar-refractivity contribution in [3.05, 3.63) is 54.1 Å². The van der Waals surface area contributed by atoms with E-state index in [1.54, 1.807) is 7.11 Å². The van der Waals surface area contributed by atoms with Gasteiger partial charge in [-0.05, 0) is 43.6 Å². The van der Waals surface area contributed by atoms with Gasteiger partial charge in [0, 0.05) is 31.7 Å². The molecule has 1 fully saturated rings. The standard InChI is InChI=1S/C21H28N2O/c1-22-14-16-23(17-15-22)13-7-9-18-8-3-4-10-19(18)20-11-5-6-12-21(20)24-2/h3-6,8,10-12H,7,9,13-17H2,1-2H3. The van der Waals surface area contributed by atoms with Crippen LogP contribution in [0, 0.1) is 0 Å². The SMILES string of the molecule is COc1ccccc1-c1ccccc1CCCN1CCN(C)CC1. The molecule has 0 aromatic heterocycles. The van der Waals surface area contributed by atoms with Gasteiger partial charge in [-0.25, -0.2) is 0 Å². The molecule has 0 radical (unpaired) electrons. The molecule has 0 saturated carbocycles. The highest BCUT2D eigenvalue weighted by atomic mass is 16.5. The van der Waals surface area contributed by atoms with Gasteiger partial charge >= 0.3 is 0 Å². The summed E-state index contributed by atoms with van der Waals surface area (Å²) in [5.74, 6) is 0.948. The summed E-state index contributed by atoms with van der Waals surface area (Å²) in [6, 6.07) is 17.0. The molecule has 128 valence electrons. The normalized spacial score (nSPS) is 16.2. The summed E-state index contributed by atoms with van der Waals surface area (Å²) >= 11 is 0. The fraction of sp³-hybridized carbons (Fsp3) is 0.429. The highest BCUT2D eigenvalue weighted by Gasteiger charge is 2.14. The monoisotopic (exact) mass is 324 g/mol. The van der Waals surface area contributed by atoms with Crippen molar-refractivity contribution in [1.29, 1.82) is 0 Å². The Morgan fingerprint density at radius 1 is 0.875 bits per heavy atom. The van der Waals surface area contributed by atoms with Crippen molar-refractivity contribution in [1.82, 2.24) is 9.80 Å². The Bertz CT molecular complexity index is 648. The Balaban J connectivity index is 1.66. The highest BCUT2D eigenvalue weighted by Crippen LogP contribution is 2.32. The lowest BCUT2D eigenvalue weighted by Gasteiger charge is -2.32. The number of aryl methyl sites for hydroxylation is 1. The van der Waals surface area contributed by atoms with E-state index in [-0.39, 0.29) is 0 Å². The fourth-order valence-corrected chi connectivity index (χ4v) is 3.43. The highest BCUT2D eigenvalue weighted by molar-refractivity contribution is 5.73. The first-order valence-electron chi connectivity index (χ1n) is 8.90.